The zero-order valence-corrected chi connectivity index (χ0v) is 9.28. The molecule has 0 aromatic carbocycles. The fraction of sp³-hybridized carbons (Fsp3) is 0.545. The first kappa shape index (κ1) is 10.5. The van der Waals surface area contributed by atoms with Crippen LogP contribution in [0, 0.1) is 0 Å². The number of hydrogen-bond donors (Lipinski definition) is 0. The van der Waals surface area contributed by atoms with Crippen LogP contribution in [0.3, 0.4) is 0 Å². The van der Waals surface area contributed by atoms with E-state index < -0.39 is 0 Å². The van der Waals surface area contributed by atoms with Crippen molar-refractivity contribution in [1.82, 2.24) is 0 Å². The van der Waals surface area contributed by atoms with Crippen molar-refractivity contribution in [2.45, 2.75) is 39.5 Å². The van der Waals surface area contributed by atoms with Crippen LogP contribution >= 0.6 is 11.3 Å². The van der Waals surface area contributed by atoms with Crippen molar-refractivity contribution in [2.24, 2.45) is 0 Å². The van der Waals surface area contributed by atoms with Crippen LogP contribution < -0.4 is 0 Å². The molecule has 0 fully saturated rings. The van der Waals surface area contributed by atoms with Crippen LogP contribution in [-0.4, -0.2) is 6.29 Å². The van der Waals surface area contributed by atoms with Crippen LogP contribution in [0.4, 0.5) is 0 Å². The summed E-state index contributed by atoms with van der Waals surface area (Å²) >= 11 is 1.64. The number of carbonyl (C=O) groups is 1. The van der Waals surface area contributed by atoms with Gasteiger partial charge in [0.25, 0.3) is 0 Å². The Hall–Kier alpha value is -0.630. The number of hydrogen-bond acceptors (Lipinski definition) is 2. The molecule has 0 amide bonds. The predicted molar refractivity (Wildman–Crippen MR) is 57.8 cm³/mol. The van der Waals surface area contributed by atoms with Gasteiger partial charge in [0.1, 0.15) is 0 Å². The zero-order chi connectivity index (χ0) is 9.84. The average molecular weight is 196 g/mol. The maximum absolute atomic E-state index is 10.6. The Bertz CT molecular complexity index is 288. The summed E-state index contributed by atoms with van der Waals surface area (Å²) < 4.78 is 0. The lowest BCUT2D eigenvalue weighted by Gasteiger charge is -2.07. The average Bonchev–Trinajstić information content (AvgIpc) is 2.59. The highest BCUT2D eigenvalue weighted by Crippen LogP contribution is 2.29. The largest absolute Gasteiger partial charge is 0.297 e. The van der Waals surface area contributed by atoms with Gasteiger partial charge in [-0.1, -0.05) is 20.8 Å². The summed E-state index contributed by atoms with van der Waals surface area (Å²) in [6.45, 7) is 6.55. The molecule has 0 aliphatic rings. The van der Waals surface area contributed by atoms with Crippen LogP contribution in [0.15, 0.2) is 6.07 Å². The minimum absolute atomic E-state index is 0.583. The van der Waals surface area contributed by atoms with Crippen molar-refractivity contribution in [1.29, 1.82) is 0 Å². The van der Waals surface area contributed by atoms with Gasteiger partial charge in [-0.2, -0.15) is 0 Å². The Morgan fingerprint density at radius 3 is 2.69 bits per heavy atom. The molecule has 0 spiro atoms. The Balaban J connectivity index is 3.03. The molecule has 1 unspecified atom stereocenters. The van der Waals surface area contributed by atoms with Gasteiger partial charge < -0.3 is 0 Å². The normalized spacial score (nSPS) is 12.8. The van der Waals surface area contributed by atoms with E-state index in [1.165, 1.54) is 10.4 Å². The maximum Gasteiger partial charge on any atom is 0.160 e. The third-order valence-electron chi connectivity index (χ3n) is 2.44. The lowest BCUT2D eigenvalue weighted by atomic mass is 9.98. The molecule has 0 aliphatic heterocycles. The van der Waals surface area contributed by atoms with Crippen molar-refractivity contribution >= 4 is 17.6 Å². The summed E-state index contributed by atoms with van der Waals surface area (Å²) in [5.41, 5.74) is 1.37. The van der Waals surface area contributed by atoms with Gasteiger partial charge in [-0.05, 0) is 30.4 Å². The number of aldehydes is 1. The number of carbonyl (C=O) groups excluding carboxylic acids is 1. The Kier molecular flexibility index (Phi) is 3.67. The van der Waals surface area contributed by atoms with Crippen LogP contribution in [0.25, 0.3) is 0 Å². The van der Waals surface area contributed by atoms with E-state index in [9.17, 15) is 4.79 Å². The smallest absolute Gasteiger partial charge is 0.160 e. The topological polar surface area (TPSA) is 17.1 Å². The fourth-order valence-electron chi connectivity index (χ4n) is 1.44. The van der Waals surface area contributed by atoms with E-state index in [2.05, 4.69) is 20.8 Å². The van der Waals surface area contributed by atoms with E-state index in [1.807, 2.05) is 6.07 Å². The quantitative estimate of drug-likeness (QED) is 0.672. The van der Waals surface area contributed by atoms with Gasteiger partial charge in [0.2, 0.25) is 0 Å². The van der Waals surface area contributed by atoms with Crippen LogP contribution in [0.1, 0.15) is 53.2 Å². The van der Waals surface area contributed by atoms with Crippen molar-refractivity contribution in [3.63, 3.8) is 0 Å². The van der Waals surface area contributed by atoms with E-state index in [4.69, 9.17) is 0 Å². The molecular formula is C11H16OS. The first-order valence-corrected chi connectivity index (χ1v) is 5.62. The van der Waals surface area contributed by atoms with Gasteiger partial charge in [0, 0.05) is 4.88 Å². The van der Waals surface area contributed by atoms with Crippen LogP contribution in [0.5, 0.6) is 0 Å². The molecule has 13 heavy (non-hydrogen) atoms. The summed E-state index contributed by atoms with van der Waals surface area (Å²) in [7, 11) is 0. The number of aryl methyl sites for hydroxylation is 1. The lowest BCUT2D eigenvalue weighted by Crippen LogP contribution is -1.92. The summed E-state index contributed by atoms with van der Waals surface area (Å²) in [5.74, 6) is 0.583. The van der Waals surface area contributed by atoms with Crippen molar-refractivity contribution in [2.75, 3.05) is 0 Å². The van der Waals surface area contributed by atoms with Crippen molar-refractivity contribution < 1.29 is 4.79 Å². The summed E-state index contributed by atoms with van der Waals surface area (Å²) in [6.07, 6.45) is 3.13. The monoisotopic (exact) mass is 196 g/mol. The third kappa shape index (κ3) is 2.19. The Morgan fingerprint density at radius 1 is 1.54 bits per heavy atom. The minimum Gasteiger partial charge on any atom is -0.297 e. The second-order valence-corrected chi connectivity index (χ2v) is 4.48. The van der Waals surface area contributed by atoms with E-state index in [0.29, 0.717) is 5.92 Å². The maximum atomic E-state index is 10.6. The molecular weight excluding hydrogens is 180 g/mol. The standard InChI is InChI=1S/C11H16OS/c1-4-8(3)10-6-9(7-12)13-11(10)5-2/h6-8H,4-5H2,1-3H3. The van der Waals surface area contributed by atoms with Crippen molar-refractivity contribution in [3.8, 4) is 0 Å². The molecule has 2 heteroatoms. The lowest BCUT2D eigenvalue weighted by molar-refractivity contribution is 0.112. The molecule has 1 aromatic heterocycles. The molecule has 1 heterocycles. The fourth-order valence-corrected chi connectivity index (χ4v) is 2.48. The molecule has 0 aliphatic carbocycles. The van der Waals surface area contributed by atoms with Crippen molar-refractivity contribution in [3.05, 3.63) is 21.4 Å². The molecule has 0 bridgehead atoms. The first-order valence-electron chi connectivity index (χ1n) is 4.80. The molecule has 0 radical (unpaired) electrons. The molecule has 0 saturated carbocycles. The molecule has 1 aromatic rings. The van der Waals surface area contributed by atoms with E-state index in [1.54, 1.807) is 11.3 Å². The molecule has 1 rings (SSSR count). The Labute approximate surface area is 83.8 Å². The first-order chi connectivity index (χ1) is 6.22. The zero-order valence-electron chi connectivity index (χ0n) is 8.46. The minimum atomic E-state index is 0.583. The third-order valence-corrected chi connectivity index (χ3v) is 3.66. The molecule has 0 saturated heterocycles. The summed E-state index contributed by atoms with van der Waals surface area (Å²) in [5, 5.41) is 0. The van der Waals surface area contributed by atoms with E-state index in [0.717, 1.165) is 24.0 Å². The second-order valence-electron chi connectivity index (χ2n) is 3.31. The summed E-state index contributed by atoms with van der Waals surface area (Å²) in [6, 6.07) is 2.05. The van der Waals surface area contributed by atoms with Crippen LogP contribution in [-0.2, 0) is 6.42 Å². The molecule has 72 valence electrons. The summed E-state index contributed by atoms with van der Waals surface area (Å²) in [4.78, 5) is 12.8. The van der Waals surface area contributed by atoms with Gasteiger partial charge in [0.15, 0.2) is 6.29 Å². The molecule has 1 atom stereocenters. The van der Waals surface area contributed by atoms with Gasteiger partial charge in [-0.3, -0.25) is 4.79 Å². The van der Waals surface area contributed by atoms with E-state index >= 15 is 0 Å². The highest BCUT2D eigenvalue weighted by molar-refractivity contribution is 7.13. The Morgan fingerprint density at radius 2 is 2.23 bits per heavy atom. The highest BCUT2D eigenvalue weighted by Gasteiger charge is 2.11. The predicted octanol–water partition coefficient (Wildman–Crippen LogP) is 3.64. The number of thiophene rings is 1. The second kappa shape index (κ2) is 4.56. The highest BCUT2D eigenvalue weighted by atomic mass is 32.1. The van der Waals surface area contributed by atoms with Gasteiger partial charge >= 0.3 is 0 Å². The van der Waals surface area contributed by atoms with Gasteiger partial charge in [-0.15, -0.1) is 11.3 Å². The number of rotatable bonds is 4. The van der Waals surface area contributed by atoms with E-state index in [-0.39, 0.29) is 0 Å². The molecule has 1 nitrogen and oxygen atoms in total. The SMILES string of the molecule is CCc1sc(C=O)cc1C(C)CC. The van der Waals surface area contributed by atoms with Crippen LogP contribution in [0.2, 0.25) is 0 Å². The molecule has 0 N–H and O–H groups in total. The van der Waals surface area contributed by atoms with Gasteiger partial charge in [-0.25, -0.2) is 0 Å². The van der Waals surface area contributed by atoms with Gasteiger partial charge in [0.05, 0.1) is 4.88 Å².